The molecule has 0 radical (unpaired) electrons. The summed E-state index contributed by atoms with van der Waals surface area (Å²) in [6.07, 6.45) is 1.54. The second-order valence-corrected chi connectivity index (χ2v) is 3.66. The minimum Gasteiger partial charge on any atom is -0.508 e. The molecule has 2 aromatic rings. The van der Waals surface area contributed by atoms with Crippen LogP contribution in [-0.4, -0.2) is 16.7 Å². The van der Waals surface area contributed by atoms with Crippen molar-refractivity contribution < 1.29 is 14.3 Å². The number of nitrogens with zero attached hydrogens (tertiary/aromatic N) is 1. The van der Waals surface area contributed by atoms with Gasteiger partial charge in [-0.1, -0.05) is 0 Å². The maximum atomic E-state index is 11.7. The number of hydrazone groups is 1. The first-order valence-corrected chi connectivity index (χ1v) is 5.34. The highest BCUT2D eigenvalue weighted by molar-refractivity contribution is 5.99. The molecule has 1 aromatic carbocycles. The lowest BCUT2D eigenvalue weighted by Gasteiger charge is -2.01. The molecule has 5 nitrogen and oxygen atoms in total. The van der Waals surface area contributed by atoms with Crippen molar-refractivity contribution in [1.29, 1.82) is 0 Å². The van der Waals surface area contributed by atoms with E-state index in [2.05, 4.69) is 10.5 Å². The topological polar surface area (TPSA) is 74.8 Å². The van der Waals surface area contributed by atoms with Crippen LogP contribution in [0.3, 0.4) is 0 Å². The molecule has 0 aliphatic heterocycles. The monoisotopic (exact) mass is 244 g/mol. The minimum atomic E-state index is -0.346. The number of phenolic OH excluding ortho intramolecular Hbond substituents is 1. The number of nitrogens with one attached hydrogen (secondary N) is 1. The molecule has 1 aromatic heterocycles. The Hall–Kier alpha value is -2.56. The Morgan fingerprint density at radius 3 is 2.61 bits per heavy atom. The Balaban J connectivity index is 2.04. The SMILES string of the molecule is C/C(=N/NC(=O)c1ccc(O)cc1)c1ccco1. The van der Waals surface area contributed by atoms with Crippen LogP contribution in [0.5, 0.6) is 5.75 Å². The molecular formula is C13H12N2O3. The molecule has 0 aliphatic carbocycles. The number of carbonyl (C=O) groups excluding carboxylic acids is 1. The fourth-order valence-corrected chi connectivity index (χ4v) is 1.35. The molecule has 1 amide bonds. The van der Waals surface area contributed by atoms with Gasteiger partial charge in [-0.25, -0.2) is 5.43 Å². The molecule has 2 rings (SSSR count). The molecule has 0 spiro atoms. The number of hydrogen-bond donors (Lipinski definition) is 2. The molecular weight excluding hydrogens is 232 g/mol. The van der Waals surface area contributed by atoms with Gasteiger partial charge < -0.3 is 9.52 Å². The van der Waals surface area contributed by atoms with Gasteiger partial charge in [0.05, 0.1) is 6.26 Å². The number of phenols is 1. The van der Waals surface area contributed by atoms with E-state index in [-0.39, 0.29) is 11.7 Å². The molecule has 92 valence electrons. The van der Waals surface area contributed by atoms with Gasteiger partial charge in [0, 0.05) is 5.56 Å². The second kappa shape index (κ2) is 5.18. The van der Waals surface area contributed by atoms with Gasteiger partial charge in [-0.3, -0.25) is 4.79 Å². The lowest BCUT2D eigenvalue weighted by atomic mass is 10.2. The van der Waals surface area contributed by atoms with E-state index in [0.29, 0.717) is 17.0 Å². The fraction of sp³-hybridized carbons (Fsp3) is 0.0769. The van der Waals surface area contributed by atoms with Crippen molar-refractivity contribution in [3.8, 4) is 5.75 Å². The summed E-state index contributed by atoms with van der Waals surface area (Å²) in [4.78, 5) is 11.7. The zero-order chi connectivity index (χ0) is 13.0. The van der Waals surface area contributed by atoms with E-state index in [1.807, 2.05) is 0 Å². The third-order valence-electron chi connectivity index (χ3n) is 2.33. The summed E-state index contributed by atoms with van der Waals surface area (Å²) in [6.45, 7) is 1.73. The largest absolute Gasteiger partial charge is 0.508 e. The van der Waals surface area contributed by atoms with Crippen LogP contribution in [0.25, 0.3) is 0 Å². The normalized spacial score (nSPS) is 11.3. The summed E-state index contributed by atoms with van der Waals surface area (Å²) in [5.41, 5.74) is 3.41. The van der Waals surface area contributed by atoms with Crippen LogP contribution >= 0.6 is 0 Å². The van der Waals surface area contributed by atoms with Gasteiger partial charge in [0.2, 0.25) is 0 Å². The van der Waals surface area contributed by atoms with Crippen LogP contribution in [0.4, 0.5) is 0 Å². The maximum Gasteiger partial charge on any atom is 0.271 e. The molecule has 0 bridgehead atoms. The zero-order valence-corrected chi connectivity index (χ0v) is 9.75. The van der Waals surface area contributed by atoms with Crippen LogP contribution in [0.2, 0.25) is 0 Å². The van der Waals surface area contributed by atoms with Crippen molar-refractivity contribution in [3.63, 3.8) is 0 Å². The molecule has 0 atom stereocenters. The first-order valence-electron chi connectivity index (χ1n) is 5.34. The number of rotatable bonds is 3. The highest BCUT2D eigenvalue weighted by Gasteiger charge is 2.05. The fourth-order valence-electron chi connectivity index (χ4n) is 1.35. The first-order chi connectivity index (χ1) is 8.66. The quantitative estimate of drug-likeness (QED) is 0.641. The van der Waals surface area contributed by atoms with Crippen molar-refractivity contribution in [1.82, 2.24) is 5.43 Å². The number of aromatic hydroxyl groups is 1. The van der Waals surface area contributed by atoms with E-state index >= 15 is 0 Å². The molecule has 5 heteroatoms. The van der Waals surface area contributed by atoms with Gasteiger partial charge in [-0.05, 0) is 43.3 Å². The lowest BCUT2D eigenvalue weighted by Crippen LogP contribution is -2.19. The van der Waals surface area contributed by atoms with E-state index in [0.717, 1.165) is 0 Å². The number of furan rings is 1. The van der Waals surface area contributed by atoms with Gasteiger partial charge in [-0.15, -0.1) is 0 Å². The highest BCUT2D eigenvalue weighted by Crippen LogP contribution is 2.09. The van der Waals surface area contributed by atoms with Crippen molar-refractivity contribution >= 4 is 11.6 Å². The van der Waals surface area contributed by atoms with E-state index in [4.69, 9.17) is 9.52 Å². The van der Waals surface area contributed by atoms with Crippen LogP contribution in [0, 0.1) is 0 Å². The van der Waals surface area contributed by atoms with E-state index in [9.17, 15) is 4.79 Å². The molecule has 0 unspecified atom stereocenters. The molecule has 18 heavy (non-hydrogen) atoms. The van der Waals surface area contributed by atoms with E-state index in [1.165, 1.54) is 30.5 Å². The standard InChI is InChI=1S/C13H12N2O3/c1-9(12-3-2-8-18-12)14-15-13(17)10-4-6-11(16)7-5-10/h2-8,16H,1H3,(H,15,17)/b14-9-. The smallest absolute Gasteiger partial charge is 0.271 e. The second-order valence-electron chi connectivity index (χ2n) is 3.66. The van der Waals surface area contributed by atoms with Crippen LogP contribution in [0.15, 0.2) is 52.2 Å². The third kappa shape index (κ3) is 2.76. The zero-order valence-electron chi connectivity index (χ0n) is 9.75. The number of amides is 1. The van der Waals surface area contributed by atoms with E-state index in [1.54, 1.807) is 19.1 Å². The van der Waals surface area contributed by atoms with Gasteiger partial charge in [-0.2, -0.15) is 5.10 Å². The van der Waals surface area contributed by atoms with Crippen molar-refractivity contribution in [2.75, 3.05) is 0 Å². The lowest BCUT2D eigenvalue weighted by molar-refractivity contribution is 0.0955. The average molecular weight is 244 g/mol. The molecule has 2 N–H and O–H groups in total. The third-order valence-corrected chi connectivity index (χ3v) is 2.33. The predicted octanol–water partition coefficient (Wildman–Crippen LogP) is 2.14. The number of hydrogen-bond acceptors (Lipinski definition) is 4. The first kappa shape index (κ1) is 11.9. The van der Waals surface area contributed by atoms with E-state index < -0.39 is 0 Å². The summed E-state index contributed by atoms with van der Waals surface area (Å²) in [6, 6.07) is 9.42. The molecule has 0 aliphatic rings. The molecule has 0 saturated heterocycles. The summed E-state index contributed by atoms with van der Waals surface area (Å²) >= 11 is 0. The van der Waals surface area contributed by atoms with Gasteiger partial charge in [0.1, 0.15) is 17.2 Å². The van der Waals surface area contributed by atoms with Crippen molar-refractivity contribution in [2.24, 2.45) is 5.10 Å². The number of benzene rings is 1. The summed E-state index contributed by atoms with van der Waals surface area (Å²) in [7, 11) is 0. The molecule has 0 saturated carbocycles. The van der Waals surface area contributed by atoms with Crippen molar-refractivity contribution in [2.45, 2.75) is 6.92 Å². The minimum absolute atomic E-state index is 0.113. The summed E-state index contributed by atoms with van der Waals surface area (Å²) in [5, 5.41) is 13.0. The van der Waals surface area contributed by atoms with Crippen LogP contribution in [0.1, 0.15) is 23.0 Å². The van der Waals surface area contributed by atoms with Gasteiger partial charge in [0.25, 0.3) is 5.91 Å². The van der Waals surface area contributed by atoms with Crippen molar-refractivity contribution in [3.05, 3.63) is 54.0 Å². The predicted molar refractivity (Wildman–Crippen MR) is 66.5 cm³/mol. The number of carbonyl (C=O) groups is 1. The molecule has 1 heterocycles. The Kier molecular flexibility index (Phi) is 3.43. The Morgan fingerprint density at radius 2 is 2.00 bits per heavy atom. The summed E-state index contributed by atoms with van der Waals surface area (Å²) < 4.78 is 5.13. The Bertz CT molecular complexity index is 556. The van der Waals surface area contributed by atoms with Crippen LogP contribution in [-0.2, 0) is 0 Å². The summed E-state index contributed by atoms with van der Waals surface area (Å²) in [5.74, 6) is 0.365. The average Bonchev–Trinajstić information content (AvgIpc) is 2.90. The molecule has 0 fully saturated rings. The maximum absolute atomic E-state index is 11.7. The highest BCUT2D eigenvalue weighted by atomic mass is 16.3. The van der Waals surface area contributed by atoms with Gasteiger partial charge in [0.15, 0.2) is 0 Å². The Labute approximate surface area is 104 Å². The van der Waals surface area contributed by atoms with Gasteiger partial charge >= 0.3 is 0 Å². The Morgan fingerprint density at radius 1 is 1.28 bits per heavy atom. The van der Waals surface area contributed by atoms with Crippen LogP contribution < -0.4 is 5.43 Å².